The summed E-state index contributed by atoms with van der Waals surface area (Å²) in [6, 6.07) is 11.4. The summed E-state index contributed by atoms with van der Waals surface area (Å²) >= 11 is 0. The summed E-state index contributed by atoms with van der Waals surface area (Å²) in [5.41, 5.74) is 0.860. The smallest absolute Gasteiger partial charge is 0.374 e. The molecular weight excluding hydrogens is 359 g/mol. The molecule has 0 aromatic heterocycles. The summed E-state index contributed by atoms with van der Waals surface area (Å²) < 4.78 is 37.7. The highest BCUT2D eigenvalue weighted by Gasteiger charge is 2.30. The second kappa shape index (κ2) is 7.69. The van der Waals surface area contributed by atoms with Gasteiger partial charge < -0.3 is 15.5 Å². The van der Waals surface area contributed by atoms with E-state index in [0.29, 0.717) is 24.3 Å². The van der Waals surface area contributed by atoms with E-state index in [1.807, 2.05) is 6.07 Å². The summed E-state index contributed by atoms with van der Waals surface area (Å²) in [5.74, 6) is -0.365. The molecule has 2 N–H and O–H groups in total. The lowest BCUT2D eigenvalue weighted by atomic mass is 10.2. The monoisotopic (exact) mass is 377 g/mol. The Labute approximate surface area is 154 Å². The fourth-order valence-corrected chi connectivity index (χ4v) is 2.88. The third kappa shape index (κ3) is 4.58. The van der Waals surface area contributed by atoms with Crippen molar-refractivity contribution in [2.45, 2.75) is 19.0 Å². The van der Waals surface area contributed by atoms with Gasteiger partial charge in [0.15, 0.2) is 0 Å². The predicted molar refractivity (Wildman–Crippen MR) is 96.6 cm³/mol. The fourth-order valence-electron chi connectivity index (χ4n) is 2.88. The maximum atomic E-state index is 12.6. The fraction of sp³-hybridized carbons (Fsp3) is 0.263. The number of carbonyl (C=O) groups is 2. The van der Waals surface area contributed by atoms with Gasteiger partial charge in [-0.25, -0.2) is 0 Å². The van der Waals surface area contributed by atoms with Gasteiger partial charge in [-0.2, -0.15) is 13.2 Å². The minimum absolute atomic E-state index is 0.0402. The number of rotatable bonds is 5. The quantitative estimate of drug-likeness (QED) is 0.831. The number of halogens is 3. The lowest BCUT2D eigenvalue weighted by Crippen LogP contribution is -2.26. The van der Waals surface area contributed by atoms with E-state index >= 15 is 0 Å². The SMILES string of the molecule is O=C(CNc1ccccc1N1CCCC1=O)Nc1ccc(C(F)(F)F)cc1. The molecule has 1 aliphatic heterocycles. The van der Waals surface area contributed by atoms with E-state index < -0.39 is 17.6 Å². The van der Waals surface area contributed by atoms with Gasteiger partial charge in [0.25, 0.3) is 0 Å². The molecule has 0 aliphatic carbocycles. The molecule has 0 saturated carbocycles. The molecule has 1 heterocycles. The molecule has 3 rings (SSSR count). The van der Waals surface area contributed by atoms with Crippen LogP contribution >= 0.6 is 0 Å². The second-order valence-electron chi connectivity index (χ2n) is 6.14. The standard InChI is InChI=1S/C19H18F3N3O2/c20-19(21,22)13-7-9-14(10-8-13)24-17(26)12-23-15-4-1-2-5-16(15)25-11-3-6-18(25)27/h1-2,4-5,7-10,23H,3,6,11-12H2,(H,24,26). The Morgan fingerprint density at radius 3 is 2.41 bits per heavy atom. The van der Waals surface area contributed by atoms with Gasteiger partial charge in [-0.05, 0) is 42.8 Å². The number of anilines is 3. The van der Waals surface area contributed by atoms with E-state index in [0.717, 1.165) is 18.6 Å². The van der Waals surface area contributed by atoms with Crippen LogP contribution in [-0.2, 0) is 15.8 Å². The summed E-state index contributed by atoms with van der Waals surface area (Å²) in [6.45, 7) is 0.551. The molecule has 2 amide bonds. The number of hydrogen-bond donors (Lipinski definition) is 2. The van der Waals surface area contributed by atoms with Crippen LogP contribution in [0, 0.1) is 0 Å². The molecule has 0 radical (unpaired) electrons. The van der Waals surface area contributed by atoms with Crippen LogP contribution in [0.4, 0.5) is 30.2 Å². The topological polar surface area (TPSA) is 61.4 Å². The highest BCUT2D eigenvalue weighted by molar-refractivity contribution is 5.99. The van der Waals surface area contributed by atoms with E-state index in [1.54, 1.807) is 23.1 Å². The van der Waals surface area contributed by atoms with Crippen molar-refractivity contribution in [3.8, 4) is 0 Å². The number of carbonyl (C=O) groups excluding carboxylic acids is 2. The van der Waals surface area contributed by atoms with Crippen LogP contribution in [0.3, 0.4) is 0 Å². The molecule has 0 atom stereocenters. The number of amides is 2. The van der Waals surface area contributed by atoms with Crippen LogP contribution in [0.2, 0.25) is 0 Å². The zero-order valence-electron chi connectivity index (χ0n) is 14.3. The molecule has 142 valence electrons. The summed E-state index contributed by atoms with van der Waals surface area (Å²) in [5, 5.41) is 5.52. The van der Waals surface area contributed by atoms with Gasteiger partial charge in [0, 0.05) is 18.7 Å². The Hall–Kier alpha value is -3.03. The van der Waals surface area contributed by atoms with Gasteiger partial charge >= 0.3 is 6.18 Å². The van der Waals surface area contributed by atoms with Crippen molar-refractivity contribution in [2.24, 2.45) is 0 Å². The van der Waals surface area contributed by atoms with Gasteiger partial charge in [0.2, 0.25) is 11.8 Å². The summed E-state index contributed by atoms with van der Waals surface area (Å²) in [6.07, 6.45) is -3.12. The van der Waals surface area contributed by atoms with Gasteiger partial charge in [-0.3, -0.25) is 9.59 Å². The molecule has 0 unspecified atom stereocenters. The molecule has 27 heavy (non-hydrogen) atoms. The molecule has 0 spiro atoms. The van der Waals surface area contributed by atoms with Crippen molar-refractivity contribution >= 4 is 28.9 Å². The maximum Gasteiger partial charge on any atom is 0.416 e. The lowest BCUT2D eigenvalue weighted by Gasteiger charge is -2.20. The molecule has 5 nitrogen and oxygen atoms in total. The minimum atomic E-state index is -4.42. The van der Waals surface area contributed by atoms with Crippen molar-refractivity contribution in [2.75, 3.05) is 28.6 Å². The number of hydrogen-bond acceptors (Lipinski definition) is 3. The zero-order valence-corrected chi connectivity index (χ0v) is 14.3. The first-order valence-electron chi connectivity index (χ1n) is 8.45. The number of nitrogens with one attached hydrogen (secondary N) is 2. The minimum Gasteiger partial charge on any atom is -0.374 e. The van der Waals surface area contributed by atoms with Crippen molar-refractivity contribution in [1.29, 1.82) is 0 Å². The van der Waals surface area contributed by atoms with Gasteiger partial charge in [0.05, 0.1) is 23.5 Å². The Morgan fingerprint density at radius 2 is 1.78 bits per heavy atom. The molecule has 1 saturated heterocycles. The van der Waals surface area contributed by atoms with E-state index in [-0.39, 0.29) is 18.1 Å². The number of alkyl halides is 3. The Bertz CT molecular complexity index is 835. The molecule has 1 fully saturated rings. The molecular formula is C19H18F3N3O2. The molecule has 2 aromatic carbocycles. The molecule has 1 aliphatic rings. The van der Waals surface area contributed by atoms with E-state index in [4.69, 9.17) is 0 Å². The first-order valence-corrected chi connectivity index (χ1v) is 8.45. The molecule has 8 heteroatoms. The van der Waals surface area contributed by atoms with Crippen LogP contribution < -0.4 is 15.5 Å². The van der Waals surface area contributed by atoms with Crippen LogP contribution in [0.5, 0.6) is 0 Å². The second-order valence-corrected chi connectivity index (χ2v) is 6.14. The summed E-state index contributed by atoms with van der Waals surface area (Å²) in [7, 11) is 0. The van der Waals surface area contributed by atoms with Crippen molar-refractivity contribution < 1.29 is 22.8 Å². The van der Waals surface area contributed by atoms with Gasteiger partial charge in [-0.15, -0.1) is 0 Å². The zero-order chi connectivity index (χ0) is 19.4. The van der Waals surface area contributed by atoms with Crippen LogP contribution in [0.25, 0.3) is 0 Å². The van der Waals surface area contributed by atoms with Crippen molar-refractivity contribution in [3.63, 3.8) is 0 Å². The third-order valence-corrected chi connectivity index (χ3v) is 4.20. The Kier molecular flexibility index (Phi) is 5.34. The van der Waals surface area contributed by atoms with Gasteiger partial charge in [-0.1, -0.05) is 12.1 Å². The van der Waals surface area contributed by atoms with Crippen LogP contribution in [0.15, 0.2) is 48.5 Å². The molecule has 0 bridgehead atoms. The normalized spacial score (nSPS) is 14.3. The third-order valence-electron chi connectivity index (χ3n) is 4.20. The number of benzene rings is 2. The van der Waals surface area contributed by atoms with E-state index in [1.165, 1.54) is 12.1 Å². The first-order chi connectivity index (χ1) is 12.8. The van der Waals surface area contributed by atoms with Crippen LogP contribution in [0.1, 0.15) is 18.4 Å². The Balaban J connectivity index is 1.61. The summed E-state index contributed by atoms with van der Waals surface area (Å²) in [4.78, 5) is 25.7. The highest BCUT2D eigenvalue weighted by Crippen LogP contribution is 2.30. The van der Waals surface area contributed by atoms with Crippen molar-refractivity contribution in [3.05, 3.63) is 54.1 Å². The van der Waals surface area contributed by atoms with Gasteiger partial charge in [0.1, 0.15) is 0 Å². The lowest BCUT2D eigenvalue weighted by molar-refractivity contribution is -0.137. The average Bonchev–Trinajstić information content (AvgIpc) is 3.06. The largest absolute Gasteiger partial charge is 0.416 e. The molecule has 2 aromatic rings. The first kappa shape index (κ1) is 18.8. The average molecular weight is 377 g/mol. The maximum absolute atomic E-state index is 12.6. The van der Waals surface area contributed by atoms with Crippen LogP contribution in [-0.4, -0.2) is 24.9 Å². The van der Waals surface area contributed by atoms with E-state index in [2.05, 4.69) is 10.6 Å². The highest BCUT2D eigenvalue weighted by atomic mass is 19.4. The number of para-hydroxylation sites is 2. The number of nitrogens with zero attached hydrogens (tertiary/aromatic N) is 1. The Morgan fingerprint density at radius 1 is 1.07 bits per heavy atom. The van der Waals surface area contributed by atoms with E-state index in [9.17, 15) is 22.8 Å². The predicted octanol–water partition coefficient (Wildman–Crippen LogP) is 3.88. The van der Waals surface area contributed by atoms with Crippen molar-refractivity contribution in [1.82, 2.24) is 0 Å².